The number of nitrogens with one attached hydrogen (secondary N) is 1. The van der Waals surface area contributed by atoms with Crippen molar-refractivity contribution in [2.45, 2.75) is 6.54 Å². The smallest absolute Gasteiger partial charge is 0.139 e. The van der Waals surface area contributed by atoms with Gasteiger partial charge in [-0.2, -0.15) is 5.10 Å². The number of anilines is 1. The maximum absolute atomic E-state index is 6.27. The summed E-state index contributed by atoms with van der Waals surface area (Å²) < 4.78 is 1.90. The van der Waals surface area contributed by atoms with Gasteiger partial charge in [-0.15, -0.1) is 0 Å². The monoisotopic (exact) mass is 289 g/mol. The molecule has 5 nitrogen and oxygen atoms in total. The summed E-state index contributed by atoms with van der Waals surface area (Å²) in [4.78, 5) is 7.48. The van der Waals surface area contributed by atoms with Crippen molar-refractivity contribution >= 4 is 16.7 Å². The fourth-order valence-electron chi connectivity index (χ4n) is 2.63. The molecule has 0 atom stereocenters. The Hall–Kier alpha value is -3.08. The number of fused-ring (bicyclic) bond motifs is 1. The molecule has 0 bridgehead atoms. The number of hydrogen-bond donors (Lipinski definition) is 2. The van der Waals surface area contributed by atoms with E-state index >= 15 is 0 Å². The zero-order chi connectivity index (χ0) is 14.9. The van der Waals surface area contributed by atoms with Crippen molar-refractivity contribution in [3.63, 3.8) is 0 Å². The number of nitrogens with two attached hydrogens (primary N) is 1. The van der Waals surface area contributed by atoms with Gasteiger partial charge in [-0.25, -0.2) is 4.98 Å². The van der Waals surface area contributed by atoms with Crippen LogP contribution in [0.25, 0.3) is 22.2 Å². The molecule has 5 heteroatoms. The normalized spacial score (nSPS) is 11.1. The Labute approximate surface area is 127 Å². The molecule has 0 fully saturated rings. The van der Waals surface area contributed by atoms with Crippen LogP contribution in [-0.4, -0.2) is 19.7 Å². The predicted molar refractivity (Wildman–Crippen MR) is 87.3 cm³/mol. The van der Waals surface area contributed by atoms with Gasteiger partial charge in [0.25, 0.3) is 0 Å². The number of aromatic nitrogens is 4. The molecule has 22 heavy (non-hydrogen) atoms. The van der Waals surface area contributed by atoms with Crippen LogP contribution in [0.15, 0.2) is 61.2 Å². The number of nitrogens with zero attached hydrogens (tertiary/aromatic N) is 3. The van der Waals surface area contributed by atoms with Crippen molar-refractivity contribution in [1.29, 1.82) is 0 Å². The van der Waals surface area contributed by atoms with Crippen molar-refractivity contribution in [2.24, 2.45) is 0 Å². The minimum absolute atomic E-state index is 0.756. The number of nitrogen functional groups attached to an aromatic ring is 1. The highest BCUT2D eigenvalue weighted by Crippen LogP contribution is 2.30. The number of H-pyrrole nitrogens is 1. The zero-order valence-electron chi connectivity index (χ0n) is 11.9. The first-order valence-corrected chi connectivity index (χ1v) is 7.09. The van der Waals surface area contributed by atoms with E-state index in [0.717, 1.165) is 34.4 Å². The van der Waals surface area contributed by atoms with Gasteiger partial charge >= 0.3 is 0 Å². The summed E-state index contributed by atoms with van der Waals surface area (Å²) in [6.07, 6.45) is 7.41. The molecule has 0 spiro atoms. The lowest BCUT2D eigenvalue weighted by Crippen LogP contribution is -1.99. The van der Waals surface area contributed by atoms with Crippen molar-refractivity contribution < 1.29 is 0 Å². The fourth-order valence-corrected chi connectivity index (χ4v) is 2.63. The Morgan fingerprint density at radius 2 is 2.00 bits per heavy atom. The van der Waals surface area contributed by atoms with Crippen LogP contribution in [0.5, 0.6) is 0 Å². The maximum Gasteiger partial charge on any atom is 0.139 e. The van der Waals surface area contributed by atoms with Crippen molar-refractivity contribution in [1.82, 2.24) is 19.7 Å². The molecule has 3 aromatic heterocycles. The number of benzene rings is 1. The van der Waals surface area contributed by atoms with Gasteiger partial charge in [-0.05, 0) is 23.3 Å². The topological polar surface area (TPSA) is 72.5 Å². The third-order valence-corrected chi connectivity index (χ3v) is 3.80. The summed E-state index contributed by atoms with van der Waals surface area (Å²) in [7, 11) is 0. The number of hydrogen-bond acceptors (Lipinski definition) is 3. The SMILES string of the molecule is Nc1c(-c2ccc(Cn3cccn3)cc2)cnc2[nH]ccc12. The van der Waals surface area contributed by atoms with Crippen LogP contribution in [-0.2, 0) is 6.54 Å². The van der Waals surface area contributed by atoms with Gasteiger partial charge in [0.05, 0.1) is 12.2 Å². The van der Waals surface area contributed by atoms with Gasteiger partial charge in [0.15, 0.2) is 0 Å². The Balaban J connectivity index is 1.68. The van der Waals surface area contributed by atoms with E-state index < -0.39 is 0 Å². The molecule has 0 aliphatic rings. The second-order valence-electron chi connectivity index (χ2n) is 5.23. The van der Waals surface area contributed by atoms with Crippen molar-refractivity contribution in [3.8, 4) is 11.1 Å². The quantitative estimate of drug-likeness (QED) is 0.609. The fraction of sp³-hybridized carbons (Fsp3) is 0.0588. The Morgan fingerprint density at radius 1 is 1.14 bits per heavy atom. The summed E-state index contributed by atoms with van der Waals surface area (Å²) in [6.45, 7) is 0.762. The molecule has 4 aromatic rings. The number of rotatable bonds is 3. The summed E-state index contributed by atoms with van der Waals surface area (Å²) in [5.74, 6) is 0. The molecule has 0 aliphatic heterocycles. The van der Waals surface area contributed by atoms with Crippen LogP contribution >= 0.6 is 0 Å². The second-order valence-corrected chi connectivity index (χ2v) is 5.23. The summed E-state index contributed by atoms with van der Waals surface area (Å²) in [6, 6.07) is 12.2. The molecule has 1 aromatic carbocycles. The third kappa shape index (κ3) is 2.13. The van der Waals surface area contributed by atoms with E-state index in [0.29, 0.717) is 0 Å². The van der Waals surface area contributed by atoms with Crippen LogP contribution in [0.2, 0.25) is 0 Å². The van der Waals surface area contributed by atoms with Crippen LogP contribution < -0.4 is 5.73 Å². The minimum atomic E-state index is 0.756. The van der Waals surface area contributed by atoms with Gasteiger partial charge in [0.1, 0.15) is 5.65 Å². The maximum atomic E-state index is 6.27. The first-order valence-electron chi connectivity index (χ1n) is 7.09. The largest absolute Gasteiger partial charge is 0.398 e. The van der Waals surface area contributed by atoms with Gasteiger partial charge in [-0.3, -0.25) is 4.68 Å². The number of pyridine rings is 1. The van der Waals surface area contributed by atoms with Gasteiger partial charge in [-0.1, -0.05) is 24.3 Å². The van der Waals surface area contributed by atoms with E-state index in [9.17, 15) is 0 Å². The predicted octanol–water partition coefficient (Wildman–Crippen LogP) is 3.06. The van der Waals surface area contributed by atoms with E-state index in [1.165, 1.54) is 5.56 Å². The molecule has 0 radical (unpaired) electrons. The molecule has 0 unspecified atom stereocenters. The summed E-state index contributed by atoms with van der Waals surface area (Å²) in [5.41, 5.74) is 11.1. The molecule has 0 aliphatic carbocycles. The van der Waals surface area contributed by atoms with E-state index in [1.54, 1.807) is 6.20 Å². The van der Waals surface area contributed by atoms with Gasteiger partial charge in [0.2, 0.25) is 0 Å². The molecular weight excluding hydrogens is 274 g/mol. The lowest BCUT2D eigenvalue weighted by atomic mass is 10.0. The lowest BCUT2D eigenvalue weighted by Gasteiger charge is -2.08. The highest BCUT2D eigenvalue weighted by molar-refractivity contribution is 5.96. The summed E-state index contributed by atoms with van der Waals surface area (Å²) in [5, 5.41) is 5.17. The van der Waals surface area contributed by atoms with Crippen LogP contribution in [0.1, 0.15) is 5.56 Å². The molecular formula is C17H15N5. The molecule has 4 rings (SSSR count). The molecule has 0 amide bonds. The van der Waals surface area contributed by atoms with E-state index in [-0.39, 0.29) is 0 Å². The molecule has 3 N–H and O–H groups in total. The first-order chi connectivity index (χ1) is 10.8. The first kappa shape index (κ1) is 12.6. The van der Waals surface area contributed by atoms with Gasteiger partial charge < -0.3 is 10.7 Å². The van der Waals surface area contributed by atoms with Crippen LogP contribution in [0, 0.1) is 0 Å². The third-order valence-electron chi connectivity index (χ3n) is 3.80. The lowest BCUT2D eigenvalue weighted by molar-refractivity contribution is 0.687. The molecule has 0 saturated carbocycles. The van der Waals surface area contributed by atoms with E-state index in [2.05, 4.69) is 39.3 Å². The van der Waals surface area contributed by atoms with Crippen molar-refractivity contribution in [2.75, 3.05) is 5.73 Å². The highest BCUT2D eigenvalue weighted by Gasteiger charge is 2.08. The zero-order valence-corrected chi connectivity index (χ0v) is 11.9. The van der Waals surface area contributed by atoms with Crippen LogP contribution in [0.4, 0.5) is 5.69 Å². The van der Waals surface area contributed by atoms with Crippen LogP contribution in [0.3, 0.4) is 0 Å². The second kappa shape index (κ2) is 5.04. The number of aromatic amines is 1. The molecule has 0 saturated heterocycles. The standard InChI is InChI=1S/C17H15N5/c18-16-14-6-8-19-17(14)20-10-15(16)13-4-2-12(3-5-13)11-22-9-1-7-21-22/h1-10H,11H2,(H3,18,19,20). The minimum Gasteiger partial charge on any atom is -0.398 e. The average molecular weight is 289 g/mol. The Morgan fingerprint density at radius 3 is 2.77 bits per heavy atom. The van der Waals surface area contributed by atoms with Crippen molar-refractivity contribution in [3.05, 3.63) is 66.7 Å². The van der Waals surface area contributed by atoms with Gasteiger partial charge in [0, 0.05) is 35.7 Å². The summed E-state index contributed by atoms with van der Waals surface area (Å²) >= 11 is 0. The Bertz CT molecular complexity index is 904. The van der Waals surface area contributed by atoms with E-state index in [1.807, 2.05) is 35.4 Å². The highest BCUT2D eigenvalue weighted by atomic mass is 15.3. The van der Waals surface area contributed by atoms with E-state index in [4.69, 9.17) is 5.73 Å². The Kier molecular flexibility index (Phi) is 2.89. The molecule has 3 heterocycles. The average Bonchev–Trinajstić information content (AvgIpc) is 3.20. The molecule has 108 valence electrons.